The molecule has 0 aliphatic rings. The van der Waals surface area contributed by atoms with Crippen molar-refractivity contribution in [2.75, 3.05) is 39.6 Å². The van der Waals surface area contributed by atoms with Crippen molar-refractivity contribution in [1.82, 2.24) is 0 Å². The molecule has 0 aromatic carbocycles. The minimum Gasteiger partial charge on any atom is -0.379 e. The van der Waals surface area contributed by atoms with E-state index in [4.69, 9.17) is 30.3 Å². The summed E-state index contributed by atoms with van der Waals surface area (Å²) in [6, 6.07) is 0. The lowest BCUT2D eigenvalue weighted by Gasteiger charge is -2.15. The largest absolute Gasteiger partial charge is 0.379 e. The van der Waals surface area contributed by atoms with Crippen molar-refractivity contribution in [3.63, 3.8) is 0 Å². The SMILES string of the molecule is CCCCOCCOP(O)(=S)OCCOCCCC. The molecule has 0 saturated carbocycles. The predicted octanol–water partition coefficient (Wildman–Crippen LogP) is 2.87. The van der Waals surface area contributed by atoms with Gasteiger partial charge in [-0.05, 0) is 24.6 Å². The summed E-state index contributed by atoms with van der Waals surface area (Å²) in [4.78, 5) is 9.69. The van der Waals surface area contributed by atoms with Crippen LogP contribution in [0.4, 0.5) is 0 Å². The van der Waals surface area contributed by atoms with E-state index in [1.165, 1.54) is 0 Å². The zero-order valence-electron chi connectivity index (χ0n) is 12.0. The summed E-state index contributed by atoms with van der Waals surface area (Å²) in [5.74, 6) is 0. The maximum atomic E-state index is 9.69. The van der Waals surface area contributed by atoms with E-state index in [1.807, 2.05) is 0 Å². The van der Waals surface area contributed by atoms with Crippen LogP contribution >= 0.6 is 6.72 Å². The molecule has 1 N–H and O–H groups in total. The Hall–Kier alpha value is 0.450. The summed E-state index contributed by atoms with van der Waals surface area (Å²) in [5.41, 5.74) is 0. The lowest BCUT2D eigenvalue weighted by Crippen LogP contribution is -2.08. The molecule has 0 radical (unpaired) electrons. The molecule has 116 valence electrons. The Balaban J connectivity index is 3.39. The van der Waals surface area contributed by atoms with Crippen molar-refractivity contribution < 1.29 is 23.4 Å². The smallest absolute Gasteiger partial charge is 0.324 e. The van der Waals surface area contributed by atoms with Crippen LogP contribution in [0.1, 0.15) is 39.5 Å². The van der Waals surface area contributed by atoms with Gasteiger partial charge in [-0.25, -0.2) is 0 Å². The number of ether oxygens (including phenoxy) is 2. The summed E-state index contributed by atoms with van der Waals surface area (Å²) < 4.78 is 20.8. The van der Waals surface area contributed by atoms with E-state index in [9.17, 15) is 4.89 Å². The average Bonchev–Trinajstić information content (AvgIpc) is 2.38. The van der Waals surface area contributed by atoms with Crippen molar-refractivity contribution >= 4 is 18.5 Å². The molecule has 0 heterocycles. The van der Waals surface area contributed by atoms with Crippen LogP contribution in [-0.2, 0) is 30.3 Å². The lowest BCUT2D eigenvalue weighted by molar-refractivity contribution is 0.0706. The van der Waals surface area contributed by atoms with E-state index >= 15 is 0 Å². The maximum absolute atomic E-state index is 9.69. The molecule has 0 rings (SSSR count). The fourth-order valence-electron chi connectivity index (χ4n) is 1.16. The lowest BCUT2D eigenvalue weighted by atomic mass is 10.4. The van der Waals surface area contributed by atoms with E-state index in [-0.39, 0.29) is 13.2 Å². The summed E-state index contributed by atoms with van der Waals surface area (Å²) in [6.07, 6.45) is 4.25. The van der Waals surface area contributed by atoms with Gasteiger partial charge in [0.15, 0.2) is 0 Å². The van der Waals surface area contributed by atoms with Gasteiger partial charge in [0.05, 0.1) is 26.4 Å². The molecule has 0 aliphatic carbocycles. The van der Waals surface area contributed by atoms with E-state index < -0.39 is 6.72 Å². The van der Waals surface area contributed by atoms with Gasteiger partial charge in [-0.3, -0.25) is 0 Å². The Bertz CT molecular complexity index is 220. The van der Waals surface area contributed by atoms with Crippen LogP contribution in [0.25, 0.3) is 0 Å². The van der Waals surface area contributed by atoms with Crippen molar-refractivity contribution in [2.24, 2.45) is 0 Å². The van der Waals surface area contributed by atoms with Gasteiger partial charge in [0.2, 0.25) is 0 Å². The fraction of sp³-hybridized carbons (Fsp3) is 1.00. The van der Waals surface area contributed by atoms with Gasteiger partial charge in [-0.1, -0.05) is 26.7 Å². The van der Waals surface area contributed by atoms with Crippen LogP contribution in [0.15, 0.2) is 0 Å². The number of unbranched alkanes of at least 4 members (excludes halogenated alkanes) is 2. The Morgan fingerprint density at radius 1 is 0.789 bits per heavy atom. The first kappa shape index (κ1) is 19.4. The molecule has 0 unspecified atom stereocenters. The molecule has 0 aromatic rings. The van der Waals surface area contributed by atoms with Gasteiger partial charge in [-0.2, -0.15) is 0 Å². The number of rotatable bonds is 14. The highest BCUT2D eigenvalue weighted by Gasteiger charge is 2.14. The summed E-state index contributed by atoms with van der Waals surface area (Å²) in [7, 11) is 0. The molecular formula is C12H27O5PS. The fourth-order valence-corrected chi connectivity index (χ4v) is 2.29. The average molecular weight is 314 g/mol. The molecule has 0 aromatic heterocycles. The maximum Gasteiger partial charge on any atom is 0.324 e. The molecule has 19 heavy (non-hydrogen) atoms. The molecule has 0 fully saturated rings. The molecule has 0 bridgehead atoms. The van der Waals surface area contributed by atoms with Gasteiger partial charge in [0, 0.05) is 13.2 Å². The molecule has 0 saturated heterocycles. The van der Waals surface area contributed by atoms with E-state index in [2.05, 4.69) is 13.8 Å². The van der Waals surface area contributed by atoms with Gasteiger partial charge < -0.3 is 23.4 Å². The predicted molar refractivity (Wildman–Crippen MR) is 79.9 cm³/mol. The highest BCUT2D eigenvalue weighted by atomic mass is 32.5. The van der Waals surface area contributed by atoms with Gasteiger partial charge in [0.1, 0.15) is 0 Å². The highest BCUT2D eigenvalue weighted by molar-refractivity contribution is 8.07. The summed E-state index contributed by atoms with van der Waals surface area (Å²) >= 11 is 4.86. The minimum absolute atomic E-state index is 0.258. The zero-order valence-corrected chi connectivity index (χ0v) is 13.7. The number of hydrogen-bond donors (Lipinski definition) is 1. The first-order valence-corrected chi connectivity index (χ1v) is 9.48. The van der Waals surface area contributed by atoms with Crippen LogP contribution in [0.2, 0.25) is 0 Å². The first-order chi connectivity index (χ1) is 9.12. The standard InChI is InChI=1S/C12H27O5PS/c1-3-5-7-14-9-11-16-18(13,19)17-12-10-15-8-6-4-2/h3-12H2,1-2H3,(H,13,19). The van der Waals surface area contributed by atoms with E-state index in [0.29, 0.717) is 26.4 Å². The second kappa shape index (κ2) is 13.4. The van der Waals surface area contributed by atoms with E-state index in [1.54, 1.807) is 0 Å². The molecular weight excluding hydrogens is 287 g/mol. The molecule has 5 nitrogen and oxygen atoms in total. The Morgan fingerprint density at radius 2 is 1.21 bits per heavy atom. The first-order valence-electron chi connectivity index (χ1n) is 6.89. The summed E-state index contributed by atoms with van der Waals surface area (Å²) in [5, 5.41) is 0. The van der Waals surface area contributed by atoms with E-state index in [0.717, 1.165) is 25.7 Å². The number of hydrogen-bond acceptors (Lipinski definition) is 5. The molecule has 7 heteroatoms. The van der Waals surface area contributed by atoms with Crippen molar-refractivity contribution in [1.29, 1.82) is 0 Å². The second-order valence-electron chi connectivity index (χ2n) is 4.07. The van der Waals surface area contributed by atoms with Crippen LogP contribution in [-0.4, -0.2) is 44.5 Å². The Labute approximate surface area is 121 Å². The third-order valence-corrected chi connectivity index (χ3v) is 3.90. The molecule has 0 spiro atoms. The molecule has 0 amide bonds. The zero-order chi connectivity index (χ0) is 14.4. The Morgan fingerprint density at radius 3 is 1.58 bits per heavy atom. The Kier molecular flexibility index (Phi) is 13.8. The van der Waals surface area contributed by atoms with Gasteiger partial charge >= 0.3 is 6.72 Å². The van der Waals surface area contributed by atoms with Crippen LogP contribution in [0.5, 0.6) is 0 Å². The van der Waals surface area contributed by atoms with Crippen LogP contribution in [0, 0.1) is 0 Å². The second-order valence-corrected chi connectivity index (χ2v) is 6.90. The normalized spacial score (nSPS) is 11.9. The van der Waals surface area contributed by atoms with Crippen molar-refractivity contribution in [3.8, 4) is 0 Å². The summed E-state index contributed by atoms with van der Waals surface area (Å²) in [6.45, 7) is 3.86. The van der Waals surface area contributed by atoms with Crippen molar-refractivity contribution in [3.05, 3.63) is 0 Å². The topological polar surface area (TPSA) is 57.2 Å². The van der Waals surface area contributed by atoms with Gasteiger partial charge in [0.25, 0.3) is 0 Å². The van der Waals surface area contributed by atoms with Crippen molar-refractivity contribution in [2.45, 2.75) is 39.5 Å². The minimum atomic E-state index is -3.13. The van der Waals surface area contributed by atoms with Gasteiger partial charge in [-0.15, -0.1) is 0 Å². The third-order valence-electron chi connectivity index (χ3n) is 2.25. The molecule has 0 aliphatic heterocycles. The third kappa shape index (κ3) is 14.7. The van der Waals surface area contributed by atoms with Crippen LogP contribution in [0.3, 0.4) is 0 Å². The quantitative estimate of drug-likeness (QED) is 0.393. The monoisotopic (exact) mass is 314 g/mol. The highest BCUT2D eigenvalue weighted by Crippen LogP contribution is 2.43. The van der Waals surface area contributed by atoms with Crippen LogP contribution < -0.4 is 0 Å². The molecule has 0 atom stereocenters.